The normalized spacial score (nSPS) is 16.8. The van der Waals surface area contributed by atoms with Crippen LogP contribution in [0.1, 0.15) is 72.1 Å². The smallest absolute Gasteiger partial charge is 0.325 e. The summed E-state index contributed by atoms with van der Waals surface area (Å²) < 4.78 is 0. The van der Waals surface area contributed by atoms with Gasteiger partial charge in [0.1, 0.15) is 48.3 Å². The highest BCUT2D eigenvalue weighted by molar-refractivity contribution is 5.99. The molecule has 0 aliphatic carbocycles. The number of guanidine groups is 1. The zero-order valence-corrected chi connectivity index (χ0v) is 39.0. The number of hydrogen-bond donors (Lipinski definition) is 17. The van der Waals surface area contributed by atoms with E-state index >= 15 is 0 Å². The topological polar surface area (TPSA) is 539 Å². The minimum Gasteiger partial charge on any atom is -0.481 e. The van der Waals surface area contributed by atoms with E-state index in [1.54, 1.807) is 0 Å². The minimum absolute atomic E-state index is 0.0446. The Balaban J connectivity index is 3.10. The van der Waals surface area contributed by atoms with E-state index in [9.17, 15) is 77.6 Å². The summed E-state index contributed by atoms with van der Waals surface area (Å²) in [4.78, 5) is 168. The van der Waals surface area contributed by atoms with Gasteiger partial charge in [-0.25, -0.2) is 0 Å². The maximum atomic E-state index is 13.5. The molecule has 0 unspecified atom stereocenters. The summed E-state index contributed by atoms with van der Waals surface area (Å²) in [5.41, 5.74) is 21.9. The molecule has 0 aromatic rings. The Morgan fingerprint density at radius 2 is 1.24 bits per heavy atom. The fraction of sp³-hybridized carbons (Fsp3) is 0.641. The van der Waals surface area contributed by atoms with E-state index in [0.717, 1.165) is 25.7 Å². The predicted octanol–water partition coefficient (Wildman–Crippen LogP) is -9.42. The lowest BCUT2D eigenvalue weighted by molar-refractivity contribution is -0.143. The lowest BCUT2D eigenvalue weighted by Gasteiger charge is -2.28. The Bertz CT molecular complexity index is 2020. The zero-order valence-electron chi connectivity index (χ0n) is 39.0. The van der Waals surface area contributed by atoms with Crippen molar-refractivity contribution in [2.24, 2.45) is 27.9 Å². The first-order valence-corrected chi connectivity index (χ1v) is 21.8. The molecule has 10 atom stereocenters. The summed E-state index contributed by atoms with van der Waals surface area (Å²) in [5, 5.41) is 64.7. The zero-order chi connectivity index (χ0) is 54.3. The number of rotatable bonds is 31. The SMILES string of the molecule is C[C@H](NC(=O)[C@@H](NC(=O)[C@H](CC(=O)O)NC(=O)[C@H](CO)NC(=O)[C@H](C)NC(=O)[C@H](CCCN=C(N)N)NC(=O)CNC(=O)[C@H](CC(N)=O)NC(=O)[C@@H]1CCCN1C(=O)[C@@H](N)CCC(=O)O)[C@@H](C)O)C(=O)O. The molecule has 0 aromatic carbocycles. The first-order chi connectivity index (χ1) is 33.1. The summed E-state index contributed by atoms with van der Waals surface area (Å²) in [6.45, 7) is 1.26. The van der Waals surface area contributed by atoms with E-state index in [0.29, 0.717) is 6.42 Å². The largest absolute Gasteiger partial charge is 0.481 e. The molecular weight excluding hydrogens is 953 g/mol. The van der Waals surface area contributed by atoms with Gasteiger partial charge in [-0.05, 0) is 52.9 Å². The van der Waals surface area contributed by atoms with Crippen LogP contribution in [-0.4, -0.2) is 200 Å². The molecule has 398 valence electrons. The van der Waals surface area contributed by atoms with E-state index in [1.165, 1.54) is 0 Å². The molecule has 1 rings (SSSR count). The summed E-state index contributed by atoms with van der Waals surface area (Å²) in [5.74, 6) is -15.4. The molecular formula is C39H64N14O18. The summed E-state index contributed by atoms with van der Waals surface area (Å²) >= 11 is 0. The summed E-state index contributed by atoms with van der Waals surface area (Å²) in [6.07, 6.45) is -3.84. The highest BCUT2D eigenvalue weighted by Crippen LogP contribution is 2.19. The van der Waals surface area contributed by atoms with Gasteiger partial charge in [-0.3, -0.25) is 67.3 Å². The minimum atomic E-state index is -2.00. The molecule has 0 radical (unpaired) electrons. The lowest BCUT2D eigenvalue weighted by Crippen LogP contribution is -2.61. The molecule has 71 heavy (non-hydrogen) atoms. The molecule has 32 nitrogen and oxygen atoms in total. The van der Waals surface area contributed by atoms with E-state index in [-0.39, 0.29) is 44.7 Å². The van der Waals surface area contributed by atoms with Crippen molar-refractivity contribution in [3.63, 3.8) is 0 Å². The Morgan fingerprint density at radius 1 is 0.662 bits per heavy atom. The fourth-order valence-corrected chi connectivity index (χ4v) is 6.46. The van der Waals surface area contributed by atoms with E-state index in [4.69, 9.17) is 33.1 Å². The lowest BCUT2D eigenvalue weighted by atomic mass is 10.1. The molecule has 1 saturated heterocycles. The van der Waals surface area contributed by atoms with Crippen LogP contribution in [0.3, 0.4) is 0 Å². The number of carbonyl (C=O) groups excluding carboxylic acids is 10. The van der Waals surface area contributed by atoms with Gasteiger partial charge in [0, 0.05) is 19.5 Å². The average molecular weight is 1020 g/mol. The monoisotopic (exact) mass is 1020 g/mol. The summed E-state index contributed by atoms with van der Waals surface area (Å²) in [6, 6.07) is -14.3. The Labute approximate surface area is 404 Å². The highest BCUT2D eigenvalue weighted by Gasteiger charge is 2.39. The summed E-state index contributed by atoms with van der Waals surface area (Å²) in [7, 11) is 0. The fourth-order valence-electron chi connectivity index (χ4n) is 6.46. The number of aliphatic hydroxyl groups is 2. The van der Waals surface area contributed by atoms with Crippen LogP contribution in [0.5, 0.6) is 0 Å². The van der Waals surface area contributed by atoms with Crippen molar-refractivity contribution in [1.29, 1.82) is 0 Å². The second-order valence-corrected chi connectivity index (χ2v) is 16.2. The van der Waals surface area contributed by atoms with E-state index in [1.807, 2.05) is 16.0 Å². The van der Waals surface area contributed by atoms with Gasteiger partial charge in [-0.1, -0.05) is 0 Å². The van der Waals surface area contributed by atoms with E-state index in [2.05, 4.69) is 31.6 Å². The maximum Gasteiger partial charge on any atom is 0.325 e. The van der Waals surface area contributed by atoms with Crippen molar-refractivity contribution in [3.05, 3.63) is 0 Å². The van der Waals surface area contributed by atoms with Gasteiger partial charge >= 0.3 is 17.9 Å². The third-order valence-electron chi connectivity index (χ3n) is 10.3. The van der Waals surface area contributed by atoms with Gasteiger partial charge in [-0.15, -0.1) is 0 Å². The number of nitrogens with one attached hydrogen (secondary N) is 8. The number of carboxylic acid groups (broad SMARTS) is 3. The molecule has 1 fully saturated rings. The first-order valence-electron chi connectivity index (χ1n) is 21.8. The van der Waals surface area contributed by atoms with Gasteiger partial charge in [-0.2, -0.15) is 0 Å². The molecule has 0 bridgehead atoms. The van der Waals surface area contributed by atoms with Crippen LogP contribution in [0.4, 0.5) is 0 Å². The quantitative estimate of drug-likeness (QED) is 0.0174. The second-order valence-electron chi connectivity index (χ2n) is 16.2. The number of carboxylic acids is 3. The van der Waals surface area contributed by atoms with Crippen LogP contribution in [0.25, 0.3) is 0 Å². The Hall–Kier alpha value is -7.74. The van der Waals surface area contributed by atoms with Crippen molar-refractivity contribution >= 4 is 82.9 Å². The number of primary amides is 1. The third-order valence-corrected chi connectivity index (χ3v) is 10.3. The molecule has 1 heterocycles. The third kappa shape index (κ3) is 22.0. The average Bonchev–Trinajstić information content (AvgIpc) is 3.78. The van der Waals surface area contributed by atoms with Crippen LogP contribution in [0.15, 0.2) is 4.99 Å². The Morgan fingerprint density at radius 3 is 1.79 bits per heavy atom. The van der Waals surface area contributed by atoms with Gasteiger partial charge < -0.3 is 95.9 Å². The Kier molecular flexibility index (Phi) is 25.9. The number of amides is 10. The molecule has 1 aliphatic rings. The molecule has 0 saturated carbocycles. The molecule has 32 heteroatoms. The van der Waals surface area contributed by atoms with Crippen LogP contribution in [0.2, 0.25) is 0 Å². The highest BCUT2D eigenvalue weighted by atomic mass is 16.4. The van der Waals surface area contributed by atoms with Crippen molar-refractivity contribution in [1.82, 2.24) is 47.4 Å². The molecule has 10 amide bonds. The van der Waals surface area contributed by atoms with Gasteiger partial charge in [0.15, 0.2) is 5.96 Å². The number of aliphatic carboxylic acids is 3. The van der Waals surface area contributed by atoms with Gasteiger partial charge in [0.05, 0.1) is 38.1 Å². The van der Waals surface area contributed by atoms with Gasteiger partial charge in [0.25, 0.3) is 0 Å². The van der Waals surface area contributed by atoms with Crippen molar-refractivity contribution in [3.8, 4) is 0 Å². The maximum absolute atomic E-state index is 13.5. The second kappa shape index (κ2) is 30.0. The molecule has 21 N–H and O–H groups in total. The van der Waals surface area contributed by atoms with Crippen molar-refractivity contribution in [2.45, 2.75) is 133 Å². The van der Waals surface area contributed by atoms with Crippen LogP contribution in [0, 0.1) is 0 Å². The van der Waals surface area contributed by atoms with Crippen LogP contribution in [-0.2, 0) is 62.3 Å². The number of likely N-dealkylation sites (tertiary alicyclic amines) is 1. The number of aliphatic imine (C=N–C) groups is 1. The van der Waals surface area contributed by atoms with Crippen molar-refractivity contribution < 1.29 is 87.9 Å². The van der Waals surface area contributed by atoms with Crippen LogP contribution >= 0.6 is 0 Å². The number of nitrogens with two attached hydrogens (primary N) is 4. The van der Waals surface area contributed by atoms with Crippen LogP contribution < -0.4 is 65.5 Å². The molecule has 1 aliphatic heterocycles. The molecule has 0 spiro atoms. The molecule has 0 aromatic heterocycles. The number of nitrogens with zero attached hydrogens (tertiary/aromatic N) is 2. The first kappa shape index (κ1) is 61.3. The number of aliphatic hydroxyl groups excluding tert-OH is 2. The predicted molar refractivity (Wildman–Crippen MR) is 240 cm³/mol. The number of carbonyl (C=O) groups is 13. The van der Waals surface area contributed by atoms with E-state index < -0.39 is 170 Å². The van der Waals surface area contributed by atoms with Crippen molar-refractivity contribution in [2.75, 3.05) is 26.2 Å². The number of hydrogen-bond acceptors (Lipinski definition) is 17. The standard InChI is InChI=1S/C39H64N14O18/c1-16(30(62)51-23(15-54)34(66)49-22(13-28(60)61)33(65)52-29(18(3)55)36(68)47-17(2)38(70)71)46-32(64)20(6-4-10-44-39(42)43)48-26(57)14-45-31(63)21(12-25(41)56)50-35(67)24-7-5-11-53(24)37(69)19(40)8-9-27(58)59/h16-24,29,54-55H,4-15,40H2,1-3H3,(H2,41,56)(H,45,63)(H,46,64)(H,47,68)(H,48,57)(H,49,66)(H,50,67)(H,51,62)(H,52,65)(H,58,59)(H,60,61)(H,70,71)(H4,42,43,44)/t16-,17-,18+,19-,20-,21-,22-,23-,24-,29-/m0/s1. The van der Waals surface area contributed by atoms with Gasteiger partial charge in [0.2, 0.25) is 59.1 Å².